The molecule has 9 nitrogen and oxygen atoms in total. The lowest BCUT2D eigenvalue weighted by molar-refractivity contribution is 0.105. The van der Waals surface area contributed by atoms with Gasteiger partial charge in [0.25, 0.3) is 0 Å². The quantitative estimate of drug-likeness (QED) is 0.142. The average Bonchev–Trinajstić information content (AvgIpc) is 3.75. The number of rotatable bonds is 11. The molecule has 226 valence electrons. The molecule has 2 heterocycles. The maximum absolute atomic E-state index is 13.8. The molecule has 6 rings (SSSR count). The van der Waals surface area contributed by atoms with Crippen molar-refractivity contribution < 1.29 is 42.7 Å². The molecule has 44 heavy (non-hydrogen) atoms. The highest BCUT2D eigenvalue weighted by atomic mass is 16.7. The highest BCUT2D eigenvalue weighted by molar-refractivity contribution is 6.29. The lowest BCUT2D eigenvalue weighted by Gasteiger charge is -2.15. The summed E-state index contributed by atoms with van der Waals surface area (Å²) in [7, 11) is 6.34. The van der Waals surface area contributed by atoms with Gasteiger partial charge in [0.15, 0.2) is 28.8 Å². The largest absolute Gasteiger partial charge is 0.496 e. The number of methoxy groups -OCH3 is 4. The van der Waals surface area contributed by atoms with Gasteiger partial charge in [0.05, 0.1) is 34.0 Å². The second kappa shape index (κ2) is 12.1. The normalized spacial score (nSPS) is 12.5. The number of ether oxygens (including phenoxy) is 8. The van der Waals surface area contributed by atoms with Crippen LogP contribution in [0.3, 0.4) is 0 Å². The number of Topliss-reactive ketones (excluding diaryl/α,β-unsaturated/α-hetero) is 1. The predicted molar refractivity (Wildman–Crippen MR) is 164 cm³/mol. The molecule has 0 unspecified atom stereocenters. The summed E-state index contributed by atoms with van der Waals surface area (Å²) < 4.78 is 44.4. The number of hydrogen-bond donors (Lipinski definition) is 0. The zero-order valence-corrected chi connectivity index (χ0v) is 25.0. The van der Waals surface area contributed by atoms with Gasteiger partial charge < -0.3 is 37.9 Å². The van der Waals surface area contributed by atoms with Gasteiger partial charge in [0.2, 0.25) is 25.1 Å². The molecular weight excluding hydrogens is 564 g/mol. The number of aryl methyl sites for hydroxylation is 2. The molecule has 2 aliphatic heterocycles. The highest BCUT2D eigenvalue weighted by Gasteiger charge is 2.25. The molecule has 0 atom stereocenters. The first-order valence-electron chi connectivity index (χ1n) is 14.0. The van der Waals surface area contributed by atoms with E-state index in [2.05, 4.69) is 12.6 Å². The van der Waals surface area contributed by atoms with E-state index in [9.17, 15) is 4.79 Å². The van der Waals surface area contributed by atoms with Crippen molar-refractivity contribution in [3.8, 4) is 57.1 Å². The van der Waals surface area contributed by atoms with Crippen molar-refractivity contribution in [3.05, 3.63) is 89.5 Å². The van der Waals surface area contributed by atoms with Crippen LogP contribution in [-0.2, 0) is 12.8 Å². The lowest BCUT2D eigenvalue weighted by atomic mass is 9.93. The Morgan fingerprint density at radius 3 is 1.91 bits per heavy atom. The van der Waals surface area contributed by atoms with Gasteiger partial charge >= 0.3 is 0 Å². The van der Waals surface area contributed by atoms with Gasteiger partial charge in [-0.15, -0.1) is 0 Å². The van der Waals surface area contributed by atoms with Crippen molar-refractivity contribution in [2.75, 3.05) is 42.0 Å². The first kappa shape index (κ1) is 28.8. The van der Waals surface area contributed by atoms with Crippen molar-refractivity contribution in [3.63, 3.8) is 0 Å². The average molecular weight is 597 g/mol. The van der Waals surface area contributed by atoms with Gasteiger partial charge in [0, 0.05) is 5.57 Å². The number of carbonyl (C=O) groups excluding carboxylic acids is 1. The summed E-state index contributed by atoms with van der Waals surface area (Å²) in [6.45, 7) is 4.36. The Morgan fingerprint density at radius 2 is 1.25 bits per heavy atom. The zero-order chi connectivity index (χ0) is 30.8. The summed E-state index contributed by atoms with van der Waals surface area (Å²) in [4.78, 5) is 13.8. The summed E-state index contributed by atoms with van der Waals surface area (Å²) in [5.74, 6) is 4.35. The van der Waals surface area contributed by atoms with Crippen molar-refractivity contribution in [1.29, 1.82) is 0 Å². The molecule has 2 aliphatic rings. The van der Waals surface area contributed by atoms with Crippen LogP contribution in [0.25, 0.3) is 16.7 Å². The summed E-state index contributed by atoms with van der Waals surface area (Å²) >= 11 is 0. The third kappa shape index (κ3) is 5.32. The van der Waals surface area contributed by atoms with Crippen molar-refractivity contribution in [2.45, 2.75) is 12.8 Å². The van der Waals surface area contributed by atoms with Crippen LogP contribution in [0.1, 0.15) is 27.0 Å². The molecule has 0 amide bonds. The highest BCUT2D eigenvalue weighted by Crippen LogP contribution is 2.44. The Bertz CT molecular complexity index is 1760. The molecule has 0 saturated carbocycles. The van der Waals surface area contributed by atoms with Gasteiger partial charge in [-0.1, -0.05) is 18.7 Å². The van der Waals surface area contributed by atoms with E-state index in [-0.39, 0.29) is 24.9 Å². The molecule has 0 radical (unpaired) electrons. The van der Waals surface area contributed by atoms with E-state index in [4.69, 9.17) is 37.9 Å². The van der Waals surface area contributed by atoms with Gasteiger partial charge in [-0.2, -0.15) is 0 Å². The first-order chi connectivity index (χ1) is 21.4. The van der Waals surface area contributed by atoms with Crippen LogP contribution in [0.2, 0.25) is 0 Å². The van der Waals surface area contributed by atoms with E-state index >= 15 is 0 Å². The van der Waals surface area contributed by atoms with Gasteiger partial charge in [-0.25, -0.2) is 0 Å². The van der Waals surface area contributed by atoms with Crippen LogP contribution in [0.5, 0.6) is 46.0 Å². The predicted octanol–water partition coefficient (Wildman–Crippen LogP) is 6.53. The standard InChI is InChI=1S/C35H32O9/c1-20(25-16-30(40-5)35-32(17-25)42-19-44-35)33(36)26-15-23(9-11-28(26)38-3)22-8-10-27(37-2)24(14-22)7-6-21-12-29(39-4)34-31(13-21)41-18-43-34/h8-17H,1,6-7,18-19H2,2-5H3. The first-order valence-corrected chi connectivity index (χ1v) is 14.0. The molecule has 4 aromatic rings. The van der Waals surface area contributed by atoms with Crippen molar-refractivity contribution in [1.82, 2.24) is 0 Å². The van der Waals surface area contributed by atoms with Crippen LogP contribution in [0, 0.1) is 0 Å². The molecule has 0 N–H and O–H groups in total. The molecular formula is C35H32O9. The van der Waals surface area contributed by atoms with Crippen LogP contribution in [0.4, 0.5) is 0 Å². The third-order valence-corrected chi connectivity index (χ3v) is 7.74. The van der Waals surface area contributed by atoms with Crippen molar-refractivity contribution in [2.24, 2.45) is 0 Å². The minimum atomic E-state index is -0.282. The molecule has 0 aliphatic carbocycles. The summed E-state index contributed by atoms with van der Waals surface area (Å²) in [6, 6.07) is 18.9. The molecule has 0 bridgehead atoms. The van der Waals surface area contributed by atoms with E-state index in [0.29, 0.717) is 57.8 Å². The number of allylic oxidation sites excluding steroid dienone is 1. The summed E-state index contributed by atoms with van der Waals surface area (Å²) in [5, 5.41) is 0. The minimum Gasteiger partial charge on any atom is -0.496 e. The van der Waals surface area contributed by atoms with Gasteiger partial charge in [-0.05, 0) is 89.2 Å². The smallest absolute Gasteiger partial charge is 0.231 e. The van der Waals surface area contributed by atoms with Crippen LogP contribution in [-0.4, -0.2) is 47.8 Å². The lowest BCUT2D eigenvalue weighted by Crippen LogP contribution is -2.05. The second-order valence-corrected chi connectivity index (χ2v) is 10.2. The molecule has 0 aromatic heterocycles. The number of fused-ring (bicyclic) bond motifs is 2. The van der Waals surface area contributed by atoms with Crippen LogP contribution < -0.4 is 37.9 Å². The number of hydrogen-bond acceptors (Lipinski definition) is 9. The number of benzene rings is 4. The van der Waals surface area contributed by atoms with E-state index in [1.807, 2.05) is 36.4 Å². The molecule has 4 aromatic carbocycles. The van der Waals surface area contributed by atoms with Gasteiger partial charge in [0.1, 0.15) is 11.5 Å². The van der Waals surface area contributed by atoms with Crippen LogP contribution >= 0.6 is 0 Å². The summed E-state index contributed by atoms with van der Waals surface area (Å²) in [5.41, 5.74) is 5.06. The van der Waals surface area contributed by atoms with E-state index < -0.39 is 0 Å². The number of carbonyl (C=O) groups is 1. The third-order valence-electron chi connectivity index (χ3n) is 7.74. The Labute approximate surface area is 255 Å². The Hall–Kier alpha value is -5.31. The Kier molecular flexibility index (Phi) is 7.93. The van der Waals surface area contributed by atoms with Gasteiger partial charge in [-0.3, -0.25) is 4.79 Å². The fraction of sp³-hybridized carbons (Fsp3) is 0.229. The Balaban J connectivity index is 1.29. The monoisotopic (exact) mass is 596 g/mol. The minimum absolute atomic E-state index is 0.0835. The van der Waals surface area contributed by atoms with Crippen molar-refractivity contribution >= 4 is 11.4 Å². The van der Waals surface area contributed by atoms with E-state index in [0.717, 1.165) is 34.4 Å². The fourth-order valence-corrected chi connectivity index (χ4v) is 5.42. The second-order valence-electron chi connectivity index (χ2n) is 10.2. The topological polar surface area (TPSA) is 90.9 Å². The zero-order valence-electron chi connectivity index (χ0n) is 25.0. The molecule has 9 heteroatoms. The SMILES string of the molecule is C=C(C(=O)c1cc(-c2ccc(OC)c(CCc3cc(OC)c4c(c3)OCO4)c2)ccc1OC)c1cc(OC)c2c(c1)OCO2. The van der Waals surface area contributed by atoms with E-state index in [1.165, 1.54) is 14.2 Å². The van der Waals surface area contributed by atoms with E-state index in [1.54, 1.807) is 32.4 Å². The maximum Gasteiger partial charge on any atom is 0.231 e. The molecule has 0 saturated heterocycles. The fourth-order valence-electron chi connectivity index (χ4n) is 5.42. The number of ketones is 1. The van der Waals surface area contributed by atoms with Crippen LogP contribution in [0.15, 0.2) is 67.2 Å². The molecule has 0 fully saturated rings. The molecule has 0 spiro atoms. The Morgan fingerprint density at radius 1 is 0.659 bits per heavy atom. The maximum atomic E-state index is 13.8. The summed E-state index contributed by atoms with van der Waals surface area (Å²) in [6.07, 6.45) is 1.42.